The van der Waals surface area contributed by atoms with Gasteiger partial charge in [0.05, 0.1) is 17.7 Å². The van der Waals surface area contributed by atoms with E-state index in [9.17, 15) is 4.79 Å². The smallest absolute Gasteiger partial charge is 0.355 e. The van der Waals surface area contributed by atoms with Crippen LogP contribution in [0.1, 0.15) is 4.88 Å². The van der Waals surface area contributed by atoms with Crippen molar-refractivity contribution in [3.8, 4) is 0 Å². The maximum absolute atomic E-state index is 11.2. The Hall–Kier alpha value is -1.31. The van der Waals surface area contributed by atoms with Gasteiger partial charge in [-0.2, -0.15) is 0 Å². The van der Waals surface area contributed by atoms with Crippen LogP contribution in [-0.2, 0) is 9.53 Å². The number of esters is 1. The Kier molecular flexibility index (Phi) is 5.03. The van der Waals surface area contributed by atoms with Gasteiger partial charge < -0.3 is 14.0 Å². The van der Waals surface area contributed by atoms with E-state index in [1.165, 1.54) is 24.5 Å². The lowest BCUT2D eigenvalue weighted by Gasteiger charge is -2.04. The highest BCUT2D eigenvalue weighted by molar-refractivity contribution is 7.91. The summed E-state index contributed by atoms with van der Waals surface area (Å²) in [6.07, 6.45) is 1.31. The topological polar surface area (TPSA) is 82.4 Å². The molecule has 3 N–H and O–H groups in total. The van der Waals surface area contributed by atoms with Crippen LogP contribution in [0.15, 0.2) is 29.3 Å². The Labute approximate surface area is 101 Å². The average Bonchev–Trinajstić information content (AvgIpc) is 2.80. The minimum atomic E-state index is -0.636. The fraction of sp³-hybridized carbons (Fsp3) is 0.111. The molecule has 0 aromatic carbocycles. The van der Waals surface area contributed by atoms with Crippen LogP contribution in [-0.4, -0.2) is 23.3 Å². The van der Waals surface area contributed by atoms with E-state index in [0.717, 1.165) is 4.88 Å². The largest absolute Gasteiger partial charge is 0.464 e. The number of allylic oxidation sites excluding steroid dienone is 1. The molecule has 1 rings (SSSR count). The van der Waals surface area contributed by atoms with E-state index < -0.39 is 5.97 Å². The van der Waals surface area contributed by atoms with Crippen LogP contribution < -0.4 is 4.72 Å². The molecule has 0 atom stereocenters. The molecule has 0 aliphatic heterocycles. The molecule has 0 amide bonds. The van der Waals surface area contributed by atoms with Gasteiger partial charge in [0.25, 0.3) is 0 Å². The van der Waals surface area contributed by atoms with Gasteiger partial charge in [0.1, 0.15) is 17.9 Å². The Morgan fingerprint density at radius 2 is 2.50 bits per heavy atom. The molecular weight excluding hydrogens is 248 g/mol. The fourth-order valence-corrected chi connectivity index (χ4v) is 1.82. The number of thiophene rings is 1. The molecule has 5 nitrogen and oxygen atoms in total. The predicted octanol–water partition coefficient (Wildman–Crippen LogP) is 1.88. The van der Waals surface area contributed by atoms with E-state index in [2.05, 4.69) is 9.46 Å². The molecule has 1 aromatic rings. The lowest BCUT2D eigenvalue weighted by molar-refractivity contribution is -0.136. The Morgan fingerprint density at radius 1 is 1.75 bits per heavy atom. The van der Waals surface area contributed by atoms with Crippen LogP contribution >= 0.6 is 23.6 Å². The molecule has 0 radical (unpaired) electrons. The third kappa shape index (κ3) is 3.37. The summed E-state index contributed by atoms with van der Waals surface area (Å²) in [7, 11) is 1.23. The van der Waals surface area contributed by atoms with E-state index in [1.54, 1.807) is 6.07 Å². The highest BCUT2D eigenvalue weighted by Gasteiger charge is 2.11. The van der Waals surface area contributed by atoms with Gasteiger partial charge in [0.15, 0.2) is 0 Å². The molecule has 16 heavy (non-hydrogen) atoms. The minimum Gasteiger partial charge on any atom is -0.464 e. The summed E-state index contributed by atoms with van der Waals surface area (Å²) >= 11 is 1.67. The molecule has 0 bridgehead atoms. The van der Waals surface area contributed by atoms with Crippen molar-refractivity contribution in [2.45, 2.75) is 0 Å². The highest BCUT2D eigenvalue weighted by atomic mass is 32.2. The van der Waals surface area contributed by atoms with Crippen molar-refractivity contribution in [2.75, 3.05) is 7.11 Å². The number of hydrogen-bond donors (Lipinski definition) is 3. The van der Waals surface area contributed by atoms with Gasteiger partial charge in [0.2, 0.25) is 0 Å². The first-order valence-electron chi connectivity index (χ1n) is 4.18. The second-order valence-corrected chi connectivity index (χ2v) is 3.97. The van der Waals surface area contributed by atoms with Crippen molar-refractivity contribution in [1.82, 2.24) is 4.72 Å². The lowest BCUT2D eigenvalue weighted by atomic mass is 10.2. The molecular formula is C9H10N2O3S2. The monoisotopic (exact) mass is 258 g/mol. The first-order valence-corrected chi connectivity index (χ1v) is 5.83. The SMILES string of the molecule is COC(=O)/C(=C/C(=N)c1cccs1)NSO. The molecule has 0 aliphatic carbocycles. The summed E-state index contributed by atoms with van der Waals surface area (Å²) in [4.78, 5) is 12.0. The van der Waals surface area contributed by atoms with Crippen LogP contribution in [0.25, 0.3) is 0 Å². The Morgan fingerprint density at radius 3 is 3.00 bits per heavy atom. The minimum absolute atomic E-state index is 0.0217. The van der Waals surface area contributed by atoms with Gasteiger partial charge in [-0.15, -0.1) is 11.3 Å². The maximum Gasteiger partial charge on any atom is 0.355 e. The second-order valence-electron chi connectivity index (χ2n) is 2.63. The number of carbonyl (C=O) groups is 1. The van der Waals surface area contributed by atoms with Gasteiger partial charge in [0, 0.05) is 0 Å². The highest BCUT2D eigenvalue weighted by Crippen LogP contribution is 2.11. The van der Waals surface area contributed by atoms with Gasteiger partial charge in [-0.3, -0.25) is 5.41 Å². The first kappa shape index (κ1) is 12.8. The van der Waals surface area contributed by atoms with E-state index in [0.29, 0.717) is 0 Å². The quantitative estimate of drug-likeness (QED) is 0.247. The van der Waals surface area contributed by atoms with E-state index >= 15 is 0 Å². The van der Waals surface area contributed by atoms with E-state index in [4.69, 9.17) is 9.96 Å². The molecule has 0 aliphatic rings. The Bertz CT molecular complexity index is 401. The number of carbonyl (C=O) groups excluding carboxylic acids is 1. The second kappa shape index (κ2) is 6.31. The van der Waals surface area contributed by atoms with E-state index in [1.807, 2.05) is 11.4 Å². The zero-order valence-corrected chi connectivity index (χ0v) is 10.0. The third-order valence-corrected chi connectivity index (χ3v) is 2.85. The zero-order valence-electron chi connectivity index (χ0n) is 8.39. The molecule has 1 aromatic heterocycles. The molecule has 0 fully saturated rings. The van der Waals surface area contributed by atoms with Crippen LogP contribution in [0.3, 0.4) is 0 Å². The van der Waals surface area contributed by atoms with Crippen molar-refractivity contribution in [3.63, 3.8) is 0 Å². The molecule has 0 saturated heterocycles. The van der Waals surface area contributed by atoms with Crippen LogP contribution in [0.2, 0.25) is 0 Å². The molecule has 86 valence electrons. The van der Waals surface area contributed by atoms with Gasteiger partial charge in [-0.1, -0.05) is 6.07 Å². The molecule has 7 heteroatoms. The zero-order chi connectivity index (χ0) is 12.0. The fourth-order valence-electron chi connectivity index (χ4n) is 0.936. The lowest BCUT2D eigenvalue weighted by Crippen LogP contribution is -2.17. The standard InChI is InChI=1S/C9H10N2O3S2/c1-14-9(12)7(11-16-13)5-6(10)8-3-2-4-15-8/h2-5,10-11,13H,1H3/b7-5-,10-6?. The summed E-state index contributed by atoms with van der Waals surface area (Å²) in [6.45, 7) is 0. The maximum atomic E-state index is 11.2. The van der Waals surface area contributed by atoms with Crippen molar-refractivity contribution < 1.29 is 14.1 Å². The average molecular weight is 258 g/mol. The van der Waals surface area contributed by atoms with Gasteiger partial charge in [-0.25, -0.2) is 4.79 Å². The van der Waals surface area contributed by atoms with Crippen LogP contribution in [0.4, 0.5) is 0 Å². The van der Waals surface area contributed by atoms with Crippen molar-refractivity contribution >= 4 is 35.2 Å². The molecule has 0 saturated carbocycles. The van der Waals surface area contributed by atoms with Crippen LogP contribution in [0, 0.1) is 5.41 Å². The molecule has 0 unspecified atom stereocenters. The van der Waals surface area contributed by atoms with Gasteiger partial charge >= 0.3 is 5.97 Å². The van der Waals surface area contributed by atoms with Crippen molar-refractivity contribution in [2.24, 2.45) is 0 Å². The summed E-state index contributed by atoms with van der Waals surface area (Å²) in [6, 6.07) is 3.58. The number of ether oxygens (including phenoxy) is 1. The Balaban J connectivity index is 2.85. The van der Waals surface area contributed by atoms with Crippen LogP contribution in [0.5, 0.6) is 0 Å². The summed E-state index contributed by atoms with van der Waals surface area (Å²) in [5, 5.41) is 9.56. The van der Waals surface area contributed by atoms with E-state index in [-0.39, 0.29) is 23.6 Å². The number of hydrogen-bond acceptors (Lipinski definition) is 7. The normalized spacial score (nSPS) is 11.0. The number of nitrogens with one attached hydrogen (secondary N) is 2. The van der Waals surface area contributed by atoms with Gasteiger partial charge in [-0.05, 0) is 17.5 Å². The first-order chi connectivity index (χ1) is 7.69. The number of rotatable bonds is 5. The predicted molar refractivity (Wildman–Crippen MR) is 64.6 cm³/mol. The van der Waals surface area contributed by atoms with Crippen molar-refractivity contribution in [1.29, 1.82) is 5.41 Å². The summed E-state index contributed by atoms with van der Waals surface area (Å²) in [5.74, 6) is -0.636. The summed E-state index contributed by atoms with van der Waals surface area (Å²) < 4.78 is 15.5. The summed E-state index contributed by atoms with van der Waals surface area (Å²) in [5.41, 5.74) is 0.199. The third-order valence-electron chi connectivity index (χ3n) is 1.64. The molecule has 0 spiro atoms. The number of methoxy groups -OCH3 is 1. The molecule has 1 heterocycles. The van der Waals surface area contributed by atoms with Crippen molar-refractivity contribution in [3.05, 3.63) is 34.2 Å².